The summed E-state index contributed by atoms with van der Waals surface area (Å²) in [6.07, 6.45) is 4.56. The van der Waals surface area contributed by atoms with Crippen molar-refractivity contribution in [2.45, 2.75) is 42.7 Å². The molecule has 1 aliphatic carbocycles. The lowest BCUT2D eigenvalue weighted by Crippen LogP contribution is -2.37. The number of fused-ring (bicyclic) bond motifs is 1. The van der Waals surface area contributed by atoms with Gasteiger partial charge in [0.2, 0.25) is 0 Å². The normalized spacial score (nSPS) is 22.1. The Morgan fingerprint density at radius 2 is 1.96 bits per heavy atom. The average Bonchev–Trinajstić information content (AvgIpc) is 3.29. The van der Waals surface area contributed by atoms with E-state index in [0.29, 0.717) is 10.9 Å². The molecule has 0 radical (unpaired) electrons. The Morgan fingerprint density at radius 3 is 2.64 bits per heavy atom. The lowest BCUT2D eigenvalue weighted by molar-refractivity contribution is 0.0891. The van der Waals surface area contributed by atoms with Crippen LogP contribution in [0.4, 0.5) is 0 Å². The van der Waals surface area contributed by atoms with Crippen LogP contribution in [0.25, 0.3) is 11.1 Å². The van der Waals surface area contributed by atoms with Crippen LogP contribution in [-0.2, 0) is 9.73 Å². The van der Waals surface area contributed by atoms with Crippen molar-refractivity contribution in [3.8, 4) is 0 Å². The third-order valence-electron chi connectivity index (χ3n) is 4.97. The van der Waals surface area contributed by atoms with Gasteiger partial charge in [0.05, 0.1) is 0 Å². The van der Waals surface area contributed by atoms with Crippen molar-refractivity contribution in [3.05, 3.63) is 47.0 Å². The number of furan rings is 1. The number of oxazole rings is 1. The van der Waals surface area contributed by atoms with E-state index in [1.165, 1.54) is 18.4 Å². The first kappa shape index (κ1) is 19.0. The predicted molar refractivity (Wildman–Crippen MR) is 105 cm³/mol. The fraction of sp³-hybridized carbons (Fsp3) is 0.368. The number of hydrogen-bond acceptors (Lipinski definition) is 6. The van der Waals surface area contributed by atoms with Crippen LogP contribution in [0.3, 0.4) is 0 Å². The summed E-state index contributed by atoms with van der Waals surface area (Å²) in [6.45, 7) is 0. The minimum atomic E-state index is -2.97. The first-order valence-corrected chi connectivity index (χ1v) is 11.3. The van der Waals surface area contributed by atoms with E-state index in [-0.39, 0.29) is 28.7 Å². The molecule has 9 heteroatoms. The molecule has 1 atom stereocenters. The largest absolute Gasteiger partial charge is 0.441 e. The fourth-order valence-corrected chi connectivity index (χ4v) is 4.23. The highest BCUT2D eigenvalue weighted by atomic mass is 35.5. The van der Waals surface area contributed by atoms with E-state index >= 15 is 0 Å². The van der Waals surface area contributed by atoms with E-state index in [1.807, 2.05) is 6.07 Å². The summed E-state index contributed by atoms with van der Waals surface area (Å²) in [6, 6.07) is 8.29. The number of amides is 1. The molecule has 2 aromatic heterocycles. The van der Waals surface area contributed by atoms with Crippen molar-refractivity contribution < 1.29 is 17.8 Å². The monoisotopic (exact) mass is 421 g/mol. The van der Waals surface area contributed by atoms with E-state index in [1.54, 1.807) is 12.1 Å². The van der Waals surface area contributed by atoms with Gasteiger partial charge in [0.25, 0.3) is 5.91 Å². The van der Waals surface area contributed by atoms with Crippen LogP contribution >= 0.6 is 11.6 Å². The Hall–Kier alpha value is -2.32. The van der Waals surface area contributed by atoms with Gasteiger partial charge in [-0.25, -0.2) is 14.0 Å². The molecule has 1 aliphatic rings. The van der Waals surface area contributed by atoms with Crippen molar-refractivity contribution in [2.75, 3.05) is 6.26 Å². The van der Waals surface area contributed by atoms with Gasteiger partial charge in [0.15, 0.2) is 22.3 Å². The second kappa shape index (κ2) is 7.25. The molecule has 1 saturated carbocycles. The molecule has 7 nitrogen and oxygen atoms in total. The molecule has 0 spiro atoms. The maximum absolute atomic E-state index is 12.4. The molecule has 1 amide bonds. The third kappa shape index (κ3) is 3.93. The van der Waals surface area contributed by atoms with Crippen molar-refractivity contribution in [1.29, 1.82) is 4.78 Å². The molecule has 1 unspecified atom stereocenters. The van der Waals surface area contributed by atoms with Gasteiger partial charge in [-0.2, -0.15) is 0 Å². The lowest BCUT2D eigenvalue weighted by Gasteiger charge is -2.27. The molecule has 0 bridgehead atoms. The van der Waals surface area contributed by atoms with E-state index < -0.39 is 9.73 Å². The Balaban J connectivity index is 1.37. The van der Waals surface area contributed by atoms with Crippen LogP contribution in [0.2, 0.25) is 5.02 Å². The second-order valence-corrected chi connectivity index (χ2v) is 9.67. The van der Waals surface area contributed by atoms with E-state index in [0.717, 1.165) is 36.8 Å². The van der Waals surface area contributed by atoms with Crippen LogP contribution in [-0.4, -0.2) is 27.4 Å². The predicted octanol–water partition coefficient (Wildman–Crippen LogP) is 4.57. The summed E-state index contributed by atoms with van der Waals surface area (Å²) >= 11 is 6.00. The summed E-state index contributed by atoms with van der Waals surface area (Å²) in [4.78, 5) is 16.9. The quantitative estimate of drug-likeness (QED) is 0.641. The van der Waals surface area contributed by atoms with Gasteiger partial charge in [-0.1, -0.05) is 11.6 Å². The molecule has 0 aliphatic heterocycles. The number of nitrogens with one attached hydrogen (secondary N) is 2. The van der Waals surface area contributed by atoms with Gasteiger partial charge >= 0.3 is 0 Å². The highest BCUT2D eigenvalue weighted by Gasteiger charge is 2.28. The van der Waals surface area contributed by atoms with E-state index in [4.69, 9.17) is 25.2 Å². The summed E-state index contributed by atoms with van der Waals surface area (Å²) in [5.41, 5.74) is 1.48. The van der Waals surface area contributed by atoms with Crippen molar-refractivity contribution >= 4 is 38.3 Å². The van der Waals surface area contributed by atoms with E-state index in [9.17, 15) is 9.00 Å². The molecule has 4 rings (SSSR count). The standard InChI is InChI=1S/C19H20ClN3O4S/c1-28(21,25)17-9-8-16(26-17)18(24)22-13-5-2-11(3-6-13)19-23-14-10-12(20)4-7-15(14)27-19/h4,7-11,13,21H,2-3,5-6H2,1H3,(H,22,24). The number of hydrogen-bond donors (Lipinski definition) is 2. The zero-order chi connectivity index (χ0) is 19.9. The fourth-order valence-electron chi connectivity index (χ4n) is 3.49. The molecular weight excluding hydrogens is 402 g/mol. The van der Waals surface area contributed by atoms with Gasteiger partial charge in [0, 0.05) is 23.2 Å². The minimum absolute atomic E-state index is 0.0115. The van der Waals surface area contributed by atoms with Gasteiger partial charge < -0.3 is 14.2 Å². The topological polar surface area (TPSA) is 109 Å². The van der Waals surface area contributed by atoms with Crippen molar-refractivity contribution in [2.24, 2.45) is 0 Å². The average molecular weight is 422 g/mol. The first-order chi connectivity index (χ1) is 13.3. The molecule has 148 valence electrons. The second-order valence-electron chi connectivity index (χ2n) is 7.15. The zero-order valence-corrected chi connectivity index (χ0v) is 16.8. The molecule has 1 aromatic carbocycles. The van der Waals surface area contributed by atoms with Crippen LogP contribution in [0, 0.1) is 4.78 Å². The van der Waals surface area contributed by atoms with Crippen LogP contribution < -0.4 is 5.32 Å². The summed E-state index contributed by atoms with van der Waals surface area (Å²) < 4.78 is 30.3. The Labute approximate surface area is 167 Å². The highest BCUT2D eigenvalue weighted by Crippen LogP contribution is 2.34. The van der Waals surface area contributed by atoms with Crippen LogP contribution in [0.15, 0.2) is 44.3 Å². The van der Waals surface area contributed by atoms with Crippen molar-refractivity contribution in [3.63, 3.8) is 0 Å². The molecule has 2 N–H and O–H groups in total. The smallest absolute Gasteiger partial charge is 0.287 e. The lowest BCUT2D eigenvalue weighted by atomic mass is 9.86. The van der Waals surface area contributed by atoms with Crippen LogP contribution in [0.5, 0.6) is 0 Å². The zero-order valence-electron chi connectivity index (χ0n) is 15.2. The van der Waals surface area contributed by atoms with Gasteiger partial charge in [-0.05, 0) is 56.0 Å². The maximum atomic E-state index is 12.4. The number of benzene rings is 1. The molecule has 1 fully saturated rings. The SMILES string of the molecule is CS(=N)(=O)c1ccc(C(=O)NC2CCC(c3nc4cc(Cl)ccc4o3)CC2)o1. The van der Waals surface area contributed by atoms with Gasteiger partial charge in [-0.3, -0.25) is 4.79 Å². The number of carbonyl (C=O) groups excluding carboxylic acids is 1. The number of rotatable bonds is 4. The van der Waals surface area contributed by atoms with Gasteiger partial charge in [0.1, 0.15) is 15.2 Å². The number of aromatic nitrogens is 1. The Kier molecular flexibility index (Phi) is 4.93. The van der Waals surface area contributed by atoms with E-state index in [2.05, 4.69) is 10.3 Å². The molecule has 28 heavy (non-hydrogen) atoms. The summed E-state index contributed by atoms with van der Waals surface area (Å²) in [5, 5.41) is 3.59. The maximum Gasteiger partial charge on any atom is 0.287 e. The minimum Gasteiger partial charge on any atom is -0.441 e. The number of halogens is 1. The Morgan fingerprint density at radius 1 is 1.21 bits per heavy atom. The van der Waals surface area contributed by atoms with Crippen molar-refractivity contribution in [1.82, 2.24) is 10.3 Å². The molecule has 3 aromatic rings. The highest BCUT2D eigenvalue weighted by molar-refractivity contribution is 7.91. The van der Waals surface area contributed by atoms with Crippen LogP contribution in [0.1, 0.15) is 48.0 Å². The first-order valence-electron chi connectivity index (χ1n) is 9.00. The summed E-state index contributed by atoms with van der Waals surface area (Å²) in [5.74, 6) is 0.651. The number of nitrogens with zero attached hydrogens (tertiary/aromatic N) is 1. The van der Waals surface area contributed by atoms with Gasteiger partial charge in [-0.15, -0.1) is 0 Å². The molecule has 2 heterocycles. The molecular formula is C19H20ClN3O4S. The Bertz CT molecular complexity index is 1130. The third-order valence-corrected chi connectivity index (χ3v) is 6.19. The number of carbonyl (C=O) groups is 1. The molecule has 0 saturated heterocycles. The summed E-state index contributed by atoms with van der Waals surface area (Å²) in [7, 11) is -2.97.